The second-order valence-electron chi connectivity index (χ2n) is 5.54. The first-order valence-corrected chi connectivity index (χ1v) is 7.05. The molecule has 0 aromatic carbocycles. The molecule has 0 aliphatic carbocycles. The van der Waals surface area contributed by atoms with Crippen LogP contribution in [0.25, 0.3) is 0 Å². The zero-order valence-electron chi connectivity index (χ0n) is 12.3. The number of hydrogen-bond acceptors (Lipinski definition) is 1. The van der Waals surface area contributed by atoms with Gasteiger partial charge in [0.1, 0.15) is 0 Å². The molecule has 0 aromatic heterocycles. The Morgan fingerprint density at radius 2 is 1.71 bits per heavy atom. The summed E-state index contributed by atoms with van der Waals surface area (Å²) in [5.74, 6) is 1.58. The highest BCUT2D eigenvalue weighted by atomic mass is 14.9. The molecule has 0 amide bonds. The van der Waals surface area contributed by atoms with Crippen LogP contribution >= 0.6 is 0 Å². The highest BCUT2D eigenvalue weighted by Gasteiger charge is 2.07. The SMILES string of the molecule is C=C(CCC(=C)NCCC)CCC(C)C(C)C. The van der Waals surface area contributed by atoms with Crippen LogP contribution in [0.5, 0.6) is 0 Å². The van der Waals surface area contributed by atoms with E-state index in [0.29, 0.717) is 0 Å². The predicted molar refractivity (Wildman–Crippen MR) is 79.0 cm³/mol. The van der Waals surface area contributed by atoms with E-state index in [1.54, 1.807) is 0 Å². The van der Waals surface area contributed by atoms with E-state index in [1.807, 2.05) is 0 Å². The highest BCUT2D eigenvalue weighted by molar-refractivity contribution is 5.01. The van der Waals surface area contributed by atoms with E-state index in [1.165, 1.54) is 18.4 Å². The van der Waals surface area contributed by atoms with E-state index >= 15 is 0 Å². The smallest absolute Gasteiger partial charge is 0.0141 e. The molecular weight excluding hydrogens is 206 g/mol. The van der Waals surface area contributed by atoms with Crippen molar-refractivity contribution in [2.45, 2.75) is 59.8 Å². The molecule has 1 heteroatoms. The van der Waals surface area contributed by atoms with E-state index in [2.05, 4.69) is 46.2 Å². The van der Waals surface area contributed by atoms with Gasteiger partial charge in [-0.05, 0) is 43.9 Å². The maximum atomic E-state index is 4.17. The molecule has 1 atom stereocenters. The summed E-state index contributed by atoms with van der Waals surface area (Å²) in [4.78, 5) is 0. The Morgan fingerprint density at radius 3 is 2.24 bits per heavy atom. The summed E-state index contributed by atoms with van der Waals surface area (Å²) in [5, 5.41) is 3.34. The first-order chi connectivity index (χ1) is 7.97. The first-order valence-electron chi connectivity index (χ1n) is 7.05. The summed E-state index contributed by atoms with van der Waals surface area (Å²) in [6, 6.07) is 0. The molecule has 0 rings (SSSR count). The fourth-order valence-electron chi connectivity index (χ4n) is 1.61. The van der Waals surface area contributed by atoms with Crippen LogP contribution in [0.15, 0.2) is 24.4 Å². The van der Waals surface area contributed by atoms with Crippen molar-refractivity contribution in [1.82, 2.24) is 5.32 Å². The molecular formula is C16H31N. The van der Waals surface area contributed by atoms with Gasteiger partial charge in [-0.15, -0.1) is 0 Å². The minimum atomic E-state index is 0.781. The van der Waals surface area contributed by atoms with E-state index in [9.17, 15) is 0 Å². The fourth-order valence-corrected chi connectivity index (χ4v) is 1.61. The molecule has 0 bridgehead atoms. The quantitative estimate of drug-likeness (QED) is 0.532. The summed E-state index contributed by atoms with van der Waals surface area (Å²) in [6.45, 7) is 18.3. The van der Waals surface area contributed by atoms with Crippen molar-refractivity contribution in [2.75, 3.05) is 6.54 Å². The van der Waals surface area contributed by atoms with Gasteiger partial charge in [0.25, 0.3) is 0 Å². The van der Waals surface area contributed by atoms with Crippen LogP contribution in [0.1, 0.15) is 59.8 Å². The van der Waals surface area contributed by atoms with Gasteiger partial charge in [-0.3, -0.25) is 0 Å². The second-order valence-corrected chi connectivity index (χ2v) is 5.54. The van der Waals surface area contributed by atoms with Crippen molar-refractivity contribution in [3.8, 4) is 0 Å². The standard InChI is InChI=1S/C16H31N/c1-7-12-17-16(6)11-9-14(4)8-10-15(5)13(2)3/h13,15,17H,4,6-12H2,1-3,5H3. The van der Waals surface area contributed by atoms with Gasteiger partial charge >= 0.3 is 0 Å². The molecule has 0 spiro atoms. The van der Waals surface area contributed by atoms with Crippen LogP contribution in [0.2, 0.25) is 0 Å². The van der Waals surface area contributed by atoms with Crippen molar-refractivity contribution >= 4 is 0 Å². The summed E-state index contributed by atoms with van der Waals surface area (Å²) >= 11 is 0. The lowest BCUT2D eigenvalue weighted by molar-refractivity contribution is 0.391. The van der Waals surface area contributed by atoms with Crippen molar-refractivity contribution in [1.29, 1.82) is 0 Å². The van der Waals surface area contributed by atoms with E-state index in [-0.39, 0.29) is 0 Å². The summed E-state index contributed by atoms with van der Waals surface area (Å²) in [7, 11) is 0. The number of nitrogens with one attached hydrogen (secondary N) is 1. The Labute approximate surface area is 108 Å². The molecule has 0 radical (unpaired) electrons. The topological polar surface area (TPSA) is 12.0 Å². The lowest BCUT2D eigenvalue weighted by Gasteiger charge is -2.16. The molecule has 0 aliphatic heterocycles. The molecule has 1 nitrogen and oxygen atoms in total. The minimum absolute atomic E-state index is 0.781. The third-order valence-corrected chi connectivity index (χ3v) is 3.50. The third-order valence-electron chi connectivity index (χ3n) is 3.50. The van der Waals surface area contributed by atoms with Crippen LogP contribution in [0.3, 0.4) is 0 Å². The minimum Gasteiger partial charge on any atom is -0.389 e. The van der Waals surface area contributed by atoms with Gasteiger partial charge in [0.05, 0.1) is 0 Å². The van der Waals surface area contributed by atoms with Crippen LogP contribution in [0, 0.1) is 11.8 Å². The van der Waals surface area contributed by atoms with Crippen LogP contribution in [-0.4, -0.2) is 6.54 Å². The average Bonchev–Trinajstić information content (AvgIpc) is 2.30. The van der Waals surface area contributed by atoms with Crippen molar-refractivity contribution in [3.63, 3.8) is 0 Å². The largest absolute Gasteiger partial charge is 0.389 e. The second kappa shape index (κ2) is 9.32. The Hall–Kier alpha value is -0.720. The molecule has 0 saturated heterocycles. The van der Waals surface area contributed by atoms with Crippen LogP contribution in [0.4, 0.5) is 0 Å². The zero-order chi connectivity index (χ0) is 13.3. The Balaban J connectivity index is 3.62. The fraction of sp³-hybridized carbons (Fsp3) is 0.750. The lowest BCUT2D eigenvalue weighted by atomic mass is 9.91. The zero-order valence-corrected chi connectivity index (χ0v) is 12.3. The van der Waals surface area contributed by atoms with Gasteiger partial charge in [0.15, 0.2) is 0 Å². The highest BCUT2D eigenvalue weighted by Crippen LogP contribution is 2.20. The van der Waals surface area contributed by atoms with Gasteiger partial charge < -0.3 is 5.32 Å². The molecule has 0 fully saturated rings. The molecule has 0 aromatic rings. The van der Waals surface area contributed by atoms with Gasteiger partial charge in [-0.2, -0.15) is 0 Å². The Kier molecular flexibility index (Phi) is 8.93. The van der Waals surface area contributed by atoms with Gasteiger partial charge in [-0.1, -0.05) is 46.4 Å². The number of allylic oxidation sites excluding steroid dienone is 2. The average molecular weight is 237 g/mol. The molecule has 17 heavy (non-hydrogen) atoms. The van der Waals surface area contributed by atoms with Crippen LogP contribution in [-0.2, 0) is 0 Å². The molecule has 0 saturated carbocycles. The van der Waals surface area contributed by atoms with E-state index < -0.39 is 0 Å². The summed E-state index contributed by atoms with van der Waals surface area (Å²) < 4.78 is 0. The number of rotatable bonds is 10. The maximum absolute atomic E-state index is 4.17. The normalized spacial score (nSPS) is 12.5. The number of hydrogen-bond donors (Lipinski definition) is 1. The molecule has 0 heterocycles. The first kappa shape index (κ1) is 16.3. The van der Waals surface area contributed by atoms with Gasteiger partial charge in [0.2, 0.25) is 0 Å². The van der Waals surface area contributed by atoms with Gasteiger partial charge in [0, 0.05) is 12.2 Å². The van der Waals surface area contributed by atoms with Crippen LogP contribution < -0.4 is 5.32 Å². The molecule has 1 N–H and O–H groups in total. The molecule has 100 valence electrons. The Morgan fingerprint density at radius 1 is 1.06 bits per heavy atom. The monoisotopic (exact) mass is 237 g/mol. The lowest BCUT2D eigenvalue weighted by Crippen LogP contribution is -2.13. The summed E-state index contributed by atoms with van der Waals surface area (Å²) in [6.07, 6.45) is 5.72. The van der Waals surface area contributed by atoms with Crippen molar-refractivity contribution in [3.05, 3.63) is 24.4 Å². The van der Waals surface area contributed by atoms with Crippen molar-refractivity contribution in [2.24, 2.45) is 11.8 Å². The maximum Gasteiger partial charge on any atom is 0.0141 e. The van der Waals surface area contributed by atoms with E-state index in [0.717, 1.165) is 43.3 Å². The van der Waals surface area contributed by atoms with Gasteiger partial charge in [-0.25, -0.2) is 0 Å². The Bertz CT molecular complexity index is 228. The predicted octanol–water partition coefficient (Wildman–Crippen LogP) is 4.91. The van der Waals surface area contributed by atoms with Crippen molar-refractivity contribution < 1.29 is 0 Å². The molecule has 1 unspecified atom stereocenters. The third kappa shape index (κ3) is 9.02. The summed E-state index contributed by atoms with van der Waals surface area (Å²) in [5.41, 5.74) is 2.53. The van der Waals surface area contributed by atoms with E-state index in [4.69, 9.17) is 0 Å². The molecule has 0 aliphatic rings.